The van der Waals surface area contributed by atoms with Crippen molar-refractivity contribution < 1.29 is 9.59 Å². The number of hydrogen-bond acceptors (Lipinski definition) is 2. The molecule has 120 valence electrons. The minimum absolute atomic E-state index is 0.115. The third-order valence-electron chi connectivity index (χ3n) is 3.16. The zero-order valence-electron chi connectivity index (χ0n) is 12.3. The lowest BCUT2D eigenvalue weighted by Gasteiger charge is -2.09. The van der Waals surface area contributed by atoms with Crippen molar-refractivity contribution in [2.45, 2.75) is 12.8 Å². The lowest BCUT2D eigenvalue weighted by molar-refractivity contribution is -0.124. The Morgan fingerprint density at radius 1 is 0.913 bits per heavy atom. The second-order valence-corrected chi connectivity index (χ2v) is 5.70. The molecule has 0 unspecified atom stereocenters. The SMILES string of the molecule is O=C(CCc1ccccc1)NCC(=O)Nc1cccc(Cl)c1Cl. The molecule has 2 N–H and O–H groups in total. The van der Waals surface area contributed by atoms with E-state index in [9.17, 15) is 9.59 Å². The van der Waals surface area contributed by atoms with Crippen LogP contribution < -0.4 is 10.6 Å². The van der Waals surface area contributed by atoms with Gasteiger partial charge in [-0.3, -0.25) is 9.59 Å². The number of anilines is 1. The summed E-state index contributed by atoms with van der Waals surface area (Å²) >= 11 is 11.9. The summed E-state index contributed by atoms with van der Waals surface area (Å²) < 4.78 is 0. The number of aryl methyl sites for hydroxylation is 1. The molecule has 2 rings (SSSR count). The second kappa shape index (κ2) is 8.56. The molecule has 0 bridgehead atoms. The first-order valence-corrected chi connectivity index (χ1v) is 7.86. The summed E-state index contributed by atoms with van der Waals surface area (Å²) in [4.78, 5) is 23.6. The molecule has 0 radical (unpaired) electrons. The van der Waals surface area contributed by atoms with Crippen LogP contribution in [0.1, 0.15) is 12.0 Å². The van der Waals surface area contributed by atoms with Gasteiger partial charge in [-0.25, -0.2) is 0 Å². The lowest BCUT2D eigenvalue weighted by atomic mass is 10.1. The van der Waals surface area contributed by atoms with Crippen molar-refractivity contribution in [3.05, 3.63) is 64.1 Å². The van der Waals surface area contributed by atoms with Gasteiger partial charge in [0.05, 0.1) is 22.3 Å². The molecule has 0 fully saturated rings. The number of hydrogen-bond donors (Lipinski definition) is 2. The van der Waals surface area contributed by atoms with Crippen LogP contribution in [-0.4, -0.2) is 18.4 Å². The minimum Gasteiger partial charge on any atom is -0.347 e. The van der Waals surface area contributed by atoms with E-state index in [0.717, 1.165) is 5.56 Å². The number of carbonyl (C=O) groups is 2. The smallest absolute Gasteiger partial charge is 0.243 e. The zero-order valence-corrected chi connectivity index (χ0v) is 13.8. The van der Waals surface area contributed by atoms with Gasteiger partial charge in [0.1, 0.15) is 0 Å². The van der Waals surface area contributed by atoms with Crippen LogP contribution in [0.3, 0.4) is 0 Å². The van der Waals surface area contributed by atoms with Gasteiger partial charge in [0.2, 0.25) is 11.8 Å². The van der Waals surface area contributed by atoms with Crippen LogP contribution in [0.4, 0.5) is 5.69 Å². The van der Waals surface area contributed by atoms with Crippen molar-refractivity contribution >= 4 is 40.7 Å². The van der Waals surface area contributed by atoms with E-state index < -0.39 is 0 Å². The predicted octanol–water partition coefficient (Wildman–Crippen LogP) is 3.68. The number of benzene rings is 2. The quantitative estimate of drug-likeness (QED) is 0.834. The van der Waals surface area contributed by atoms with Crippen molar-refractivity contribution in [1.82, 2.24) is 5.32 Å². The fraction of sp³-hybridized carbons (Fsp3) is 0.176. The van der Waals surface area contributed by atoms with Gasteiger partial charge < -0.3 is 10.6 Å². The third kappa shape index (κ3) is 5.58. The maximum atomic E-state index is 11.8. The lowest BCUT2D eigenvalue weighted by Crippen LogP contribution is -2.33. The Balaban J connectivity index is 1.75. The molecule has 0 aliphatic carbocycles. The molecule has 23 heavy (non-hydrogen) atoms. The highest BCUT2D eigenvalue weighted by Crippen LogP contribution is 2.29. The van der Waals surface area contributed by atoms with Gasteiger partial charge in [0.25, 0.3) is 0 Å². The van der Waals surface area contributed by atoms with Gasteiger partial charge in [0.15, 0.2) is 0 Å². The van der Waals surface area contributed by atoms with Gasteiger partial charge in [0, 0.05) is 6.42 Å². The van der Waals surface area contributed by atoms with Crippen molar-refractivity contribution in [2.24, 2.45) is 0 Å². The van der Waals surface area contributed by atoms with Crippen molar-refractivity contribution in [1.29, 1.82) is 0 Å². The van der Waals surface area contributed by atoms with E-state index in [-0.39, 0.29) is 23.4 Å². The molecule has 4 nitrogen and oxygen atoms in total. The Kier molecular flexibility index (Phi) is 6.44. The first kappa shape index (κ1) is 17.3. The van der Waals surface area contributed by atoms with E-state index >= 15 is 0 Å². The van der Waals surface area contributed by atoms with Gasteiger partial charge >= 0.3 is 0 Å². The Morgan fingerprint density at radius 3 is 2.39 bits per heavy atom. The molecule has 0 spiro atoms. The predicted molar refractivity (Wildman–Crippen MR) is 92.9 cm³/mol. The van der Waals surface area contributed by atoms with E-state index in [0.29, 0.717) is 23.6 Å². The molecule has 0 saturated heterocycles. The molecular weight excluding hydrogens is 335 g/mol. The van der Waals surface area contributed by atoms with Crippen LogP contribution in [-0.2, 0) is 16.0 Å². The summed E-state index contributed by atoms with van der Waals surface area (Å²) in [7, 11) is 0. The summed E-state index contributed by atoms with van der Waals surface area (Å²) in [5.41, 5.74) is 1.50. The van der Waals surface area contributed by atoms with Crippen LogP contribution in [0.25, 0.3) is 0 Å². The van der Waals surface area contributed by atoms with Crippen LogP contribution in [0.5, 0.6) is 0 Å². The fourth-order valence-corrected chi connectivity index (χ4v) is 2.31. The average molecular weight is 351 g/mol. The zero-order chi connectivity index (χ0) is 16.7. The maximum Gasteiger partial charge on any atom is 0.243 e. The number of rotatable bonds is 6. The molecule has 0 atom stereocenters. The van der Waals surface area contributed by atoms with E-state index in [1.54, 1.807) is 18.2 Å². The summed E-state index contributed by atoms with van der Waals surface area (Å²) in [6.07, 6.45) is 0.962. The van der Waals surface area contributed by atoms with Crippen molar-refractivity contribution in [2.75, 3.05) is 11.9 Å². The fourth-order valence-electron chi connectivity index (χ4n) is 1.96. The number of halogens is 2. The van der Waals surface area contributed by atoms with Crippen LogP contribution in [0, 0.1) is 0 Å². The standard InChI is InChI=1S/C17H16Cl2N2O2/c18-13-7-4-8-14(17(13)19)21-16(23)11-20-15(22)10-9-12-5-2-1-3-6-12/h1-8H,9-11H2,(H,20,22)(H,21,23). The molecule has 2 amide bonds. The van der Waals surface area contributed by atoms with Gasteiger partial charge in [-0.1, -0.05) is 59.6 Å². The molecule has 0 aliphatic rings. The summed E-state index contributed by atoms with van der Waals surface area (Å²) in [5.74, 6) is -0.538. The average Bonchev–Trinajstić information content (AvgIpc) is 2.56. The van der Waals surface area contributed by atoms with E-state index in [4.69, 9.17) is 23.2 Å². The van der Waals surface area contributed by atoms with E-state index in [2.05, 4.69) is 10.6 Å². The first-order chi connectivity index (χ1) is 11.1. The Morgan fingerprint density at radius 2 is 1.65 bits per heavy atom. The number of amides is 2. The van der Waals surface area contributed by atoms with Gasteiger partial charge in [-0.2, -0.15) is 0 Å². The van der Waals surface area contributed by atoms with E-state index in [1.807, 2.05) is 30.3 Å². The minimum atomic E-state index is -0.359. The maximum absolute atomic E-state index is 11.8. The second-order valence-electron chi connectivity index (χ2n) is 4.91. The highest BCUT2D eigenvalue weighted by Gasteiger charge is 2.09. The van der Waals surface area contributed by atoms with Crippen molar-refractivity contribution in [3.8, 4) is 0 Å². The molecular formula is C17H16Cl2N2O2. The Bertz CT molecular complexity index is 690. The summed E-state index contributed by atoms with van der Waals surface area (Å²) in [6, 6.07) is 14.7. The van der Waals surface area contributed by atoms with Crippen molar-refractivity contribution in [3.63, 3.8) is 0 Å². The highest BCUT2D eigenvalue weighted by atomic mass is 35.5. The first-order valence-electron chi connectivity index (χ1n) is 7.11. The summed E-state index contributed by atoms with van der Waals surface area (Å²) in [5, 5.41) is 5.82. The number of carbonyl (C=O) groups excluding carboxylic acids is 2. The monoisotopic (exact) mass is 350 g/mol. The molecule has 6 heteroatoms. The third-order valence-corrected chi connectivity index (χ3v) is 3.97. The largest absolute Gasteiger partial charge is 0.347 e. The molecule has 2 aromatic rings. The molecule has 0 aliphatic heterocycles. The normalized spacial score (nSPS) is 10.2. The Hall–Kier alpha value is -2.04. The highest BCUT2D eigenvalue weighted by molar-refractivity contribution is 6.44. The van der Waals surface area contributed by atoms with Gasteiger partial charge in [-0.05, 0) is 24.1 Å². The topological polar surface area (TPSA) is 58.2 Å². The number of nitrogens with one attached hydrogen (secondary N) is 2. The molecule has 0 heterocycles. The summed E-state index contributed by atoms with van der Waals surface area (Å²) in [6.45, 7) is -0.115. The van der Waals surface area contributed by atoms with Crippen LogP contribution in [0.15, 0.2) is 48.5 Å². The molecule has 2 aromatic carbocycles. The van der Waals surface area contributed by atoms with E-state index in [1.165, 1.54) is 0 Å². The van der Waals surface area contributed by atoms with Crippen LogP contribution in [0.2, 0.25) is 10.0 Å². The molecule has 0 aromatic heterocycles. The molecule has 0 saturated carbocycles. The van der Waals surface area contributed by atoms with Crippen LogP contribution >= 0.6 is 23.2 Å². The van der Waals surface area contributed by atoms with Gasteiger partial charge in [-0.15, -0.1) is 0 Å². The Labute approximate surface area is 144 Å².